The average molecular weight is 319 g/mol. The normalized spacial score (nSPS) is 15.5. The SMILES string of the molecule is C[C@H](O)CCCC(=O)OCc1ccc(C(=O)N2CCCC2)cc1. The van der Waals surface area contributed by atoms with Crippen molar-refractivity contribution in [1.29, 1.82) is 0 Å². The summed E-state index contributed by atoms with van der Waals surface area (Å²) in [7, 11) is 0. The lowest BCUT2D eigenvalue weighted by Crippen LogP contribution is -2.27. The van der Waals surface area contributed by atoms with Gasteiger partial charge in [-0.2, -0.15) is 0 Å². The van der Waals surface area contributed by atoms with Crippen molar-refractivity contribution in [1.82, 2.24) is 4.90 Å². The highest BCUT2D eigenvalue weighted by atomic mass is 16.5. The molecule has 5 heteroatoms. The Hall–Kier alpha value is -1.88. The smallest absolute Gasteiger partial charge is 0.306 e. The van der Waals surface area contributed by atoms with E-state index in [9.17, 15) is 9.59 Å². The molecule has 1 aliphatic rings. The molecule has 1 aromatic carbocycles. The van der Waals surface area contributed by atoms with E-state index in [0.29, 0.717) is 24.8 Å². The summed E-state index contributed by atoms with van der Waals surface area (Å²) in [4.78, 5) is 25.7. The standard InChI is InChI=1S/C18H25NO4/c1-14(20)5-4-6-17(21)23-13-15-7-9-16(10-8-15)18(22)19-11-2-3-12-19/h7-10,14,20H,2-6,11-13H2,1H3/t14-/m0/s1. The van der Waals surface area contributed by atoms with Crippen LogP contribution < -0.4 is 0 Å². The van der Waals surface area contributed by atoms with Crippen LogP contribution in [0.2, 0.25) is 0 Å². The zero-order valence-electron chi connectivity index (χ0n) is 13.7. The molecule has 0 unspecified atom stereocenters. The van der Waals surface area contributed by atoms with Gasteiger partial charge in [0.05, 0.1) is 6.10 Å². The van der Waals surface area contributed by atoms with Gasteiger partial charge in [0, 0.05) is 25.1 Å². The van der Waals surface area contributed by atoms with E-state index in [1.165, 1.54) is 0 Å². The molecule has 23 heavy (non-hydrogen) atoms. The number of likely N-dealkylation sites (tertiary alicyclic amines) is 1. The van der Waals surface area contributed by atoms with Gasteiger partial charge in [0.2, 0.25) is 0 Å². The summed E-state index contributed by atoms with van der Waals surface area (Å²) >= 11 is 0. The van der Waals surface area contributed by atoms with Crippen molar-refractivity contribution in [2.24, 2.45) is 0 Å². The monoisotopic (exact) mass is 319 g/mol. The first-order valence-corrected chi connectivity index (χ1v) is 8.28. The molecule has 0 bridgehead atoms. The molecule has 126 valence electrons. The number of hydrogen-bond donors (Lipinski definition) is 1. The minimum absolute atomic E-state index is 0.0733. The maximum atomic E-state index is 12.2. The summed E-state index contributed by atoms with van der Waals surface area (Å²) in [6.45, 7) is 3.59. The topological polar surface area (TPSA) is 66.8 Å². The van der Waals surface area contributed by atoms with Gasteiger partial charge in [-0.1, -0.05) is 12.1 Å². The lowest BCUT2D eigenvalue weighted by atomic mass is 10.1. The highest BCUT2D eigenvalue weighted by Crippen LogP contribution is 2.14. The van der Waals surface area contributed by atoms with Crippen LogP contribution in [0.4, 0.5) is 0 Å². The molecule has 0 saturated carbocycles. The van der Waals surface area contributed by atoms with Crippen molar-refractivity contribution in [3.05, 3.63) is 35.4 Å². The van der Waals surface area contributed by atoms with Crippen molar-refractivity contribution in [2.75, 3.05) is 13.1 Å². The van der Waals surface area contributed by atoms with Crippen LogP contribution in [0.15, 0.2) is 24.3 Å². The van der Waals surface area contributed by atoms with Gasteiger partial charge < -0.3 is 14.7 Å². The number of carbonyl (C=O) groups excluding carboxylic acids is 2. The van der Waals surface area contributed by atoms with Crippen molar-refractivity contribution < 1.29 is 19.4 Å². The minimum Gasteiger partial charge on any atom is -0.461 e. The zero-order valence-corrected chi connectivity index (χ0v) is 13.7. The van der Waals surface area contributed by atoms with Crippen LogP contribution in [-0.4, -0.2) is 41.1 Å². The summed E-state index contributed by atoms with van der Waals surface area (Å²) < 4.78 is 5.19. The van der Waals surface area contributed by atoms with E-state index in [0.717, 1.165) is 31.5 Å². The van der Waals surface area contributed by atoms with Gasteiger partial charge >= 0.3 is 5.97 Å². The first-order valence-electron chi connectivity index (χ1n) is 8.28. The van der Waals surface area contributed by atoms with Crippen LogP contribution in [0.3, 0.4) is 0 Å². The molecule has 1 amide bonds. The first-order chi connectivity index (χ1) is 11.1. The van der Waals surface area contributed by atoms with Gasteiger partial charge in [-0.25, -0.2) is 0 Å². The number of aliphatic hydroxyl groups is 1. The molecule has 0 spiro atoms. The van der Waals surface area contributed by atoms with Gasteiger partial charge in [-0.15, -0.1) is 0 Å². The van der Waals surface area contributed by atoms with E-state index < -0.39 is 0 Å². The first kappa shape index (κ1) is 17.5. The third-order valence-corrected chi connectivity index (χ3v) is 4.00. The number of hydrogen-bond acceptors (Lipinski definition) is 4. The van der Waals surface area contributed by atoms with E-state index in [1.807, 2.05) is 17.0 Å². The number of benzene rings is 1. The molecule has 0 aromatic heterocycles. The van der Waals surface area contributed by atoms with E-state index in [-0.39, 0.29) is 24.6 Å². The van der Waals surface area contributed by atoms with Crippen molar-refractivity contribution >= 4 is 11.9 Å². The number of ether oxygens (including phenoxy) is 1. The number of aliphatic hydroxyl groups excluding tert-OH is 1. The Bertz CT molecular complexity index is 518. The van der Waals surface area contributed by atoms with Crippen molar-refractivity contribution in [3.63, 3.8) is 0 Å². The second kappa shape index (κ2) is 8.67. The van der Waals surface area contributed by atoms with Crippen LogP contribution in [0.5, 0.6) is 0 Å². The number of nitrogens with zero attached hydrogens (tertiary/aromatic N) is 1. The van der Waals surface area contributed by atoms with Crippen molar-refractivity contribution in [2.45, 2.75) is 51.7 Å². The quantitative estimate of drug-likeness (QED) is 0.784. The fourth-order valence-electron chi connectivity index (χ4n) is 2.62. The minimum atomic E-state index is -0.386. The number of amides is 1. The Morgan fingerprint density at radius 1 is 1.22 bits per heavy atom. The van der Waals surface area contributed by atoms with Gasteiger partial charge in [0.15, 0.2) is 0 Å². The van der Waals surface area contributed by atoms with E-state index >= 15 is 0 Å². The largest absolute Gasteiger partial charge is 0.461 e. The Morgan fingerprint density at radius 3 is 2.48 bits per heavy atom. The predicted octanol–water partition coefficient (Wildman–Crippen LogP) is 2.52. The molecule has 1 heterocycles. The molecule has 1 fully saturated rings. The summed E-state index contributed by atoms with van der Waals surface area (Å²) in [5.74, 6) is -0.188. The van der Waals surface area contributed by atoms with E-state index in [2.05, 4.69) is 0 Å². The molecule has 1 aliphatic heterocycles. The molecule has 5 nitrogen and oxygen atoms in total. The molecule has 1 aromatic rings. The van der Waals surface area contributed by atoms with Gasteiger partial charge in [-0.3, -0.25) is 9.59 Å². The molecular formula is C18H25NO4. The van der Waals surface area contributed by atoms with Crippen LogP contribution in [0.1, 0.15) is 54.9 Å². The fraction of sp³-hybridized carbons (Fsp3) is 0.556. The van der Waals surface area contributed by atoms with Gasteiger partial charge in [0.1, 0.15) is 6.61 Å². The Morgan fingerprint density at radius 2 is 1.87 bits per heavy atom. The van der Waals surface area contributed by atoms with Gasteiger partial charge in [-0.05, 0) is 50.3 Å². The summed E-state index contributed by atoms with van der Waals surface area (Å²) in [5, 5.41) is 9.14. The molecule has 0 radical (unpaired) electrons. The number of esters is 1. The average Bonchev–Trinajstić information content (AvgIpc) is 3.07. The van der Waals surface area contributed by atoms with Crippen LogP contribution >= 0.6 is 0 Å². The number of rotatable bonds is 7. The highest BCUT2D eigenvalue weighted by molar-refractivity contribution is 5.94. The lowest BCUT2D eigenvalue weighted by molar-refractivity contribution is -0.145. The van der Waals surface area contributed by atoms with E-state index in [4.69, 9.17) is 9.84 Å². The Labute approximate surface area is 137 Å². The van der Waals surface area contributed by atoms with Crippen LogP contribution in [0.25, 0.3) is 0 Å². The maximum absolute atomic E-state index is 12.2. The zero-order chi connectivity index (χ0) is 16.7. The van der Waals surface area contributed by atoms with E-state index in [1.54, 1.807) is 19.1 Å². The van der Waals surface area contributed by atoms with Crippen molar-refractivity contribution in [3.8, 4) is 0 Å². The molecule has 1 saturated heterocycles. The number of carbonyl (C=O) groups is 2. The Kier molecular flexibility index (Phi) is 6.59. The summed E-state index contributed by atoms with van der Waals surface area (Å²) in [6, 6.07) is 7.23. The second-order valence-corrected chi connectivity index (χ2v) is 6.10. The lowest BCUT2D eigenvalue weighted by Gasteiger charge is -2.15. The molecular weight excluding hydrogens is 294 g/mol. The highest BCUT2D eigenvalue weighted by Gasteiger charge is 2.19. The molecule has 1 atom stereocenters. The summed E-state index contributed by atoms with van der Waals surface area (Å²) in [5.41, 5.74) is 1.55. The Balaban J connectivity index is 1.76. The second-order valence-electron chi connectivity index (χ2n) is 6.10. The third-order valence-electron chi connectivity index (χ3n) is 4.00. The fourth-order valence-corrected chi connectivity index (χ4v) is 2.62. The molecule has 1 N–H and O–H groups in total. The third kappa shape index (κ3) is 5.67. The molecule has 2 rings (SSSR count). The van der Waals surface area contributed by atoms with Crippen LogP contribution in [0, 0.1) is 0 Å². The molecule has 0 aliphatic carbocycles. The van der Waals surface area contributed by atoms with Crippen LogP contribution in [-0.2, 0) is 16.1 Å². The summed E-state index contributed by atoms with van der Waals surface area (Å²) in [6.07, 6.45) is 3.31. The van der Waals surface area contributed by atoms with Gasteiger partial charge in [0.25, 0.3) is 5.91 Å². The maximum Gasteiger partial charge on any atom is 0.306 e. The predicted molar refractivity (Wildman–Crippen MR) is 86.9 cm³/mol.